The lowest BCUT2D eigenvalue weighted by Gasteiger charge is -2.10. The first-order valence-corrected chi connectivity index (χ1v) is 6.23. The van der Waals surface area contributed by atoms with Crippen LogP contribution in [-0.4, -0.2) is 19.2 Å². The van der Waals surface area contributed by atoms with E-state index in [2.05, 4.69) is 19.2 Å². The van der Waals surface area contributed by atoms with E-state index in [1.807, 2.05) is 25.1 Å². The maximum Gasteiger partial charge on any atom is 0.138 e. The topological polar surface area (TPSA) is 25.8 Å². The van der Waals surface area contributed by atoms with Crippen molar-refractivity contribution in [3.8, 4) is 5.75 Å². The Morgan fingerprint density at radius 1 is 1.44 bits per heavy atom. The van der Waals surface area contributed by atoms with Crippen molar-refractivity contribution in [2.75, 3.05) is 13.2 Å². The molecule has 0 amide bonds. The SMILES string of the molecule is CC[C@@H](C)[NH2+]CCOc1cc(C)ccc1Cl. The van der Waals surface area contributed by atoms with E-state index >= 15 is 0 Å². The first-order chi connectivity index (χ1) is 7.63. The van der Waals surface area contributed by atoms with Crippen LogP contribution in [0.15, 0.2) is 18.2 Å². The Morgan fingerprint density at radius 2 is 2.19 bits per heavy atom. The first kappa shape index (κ1) is 13.3. The van der Waals surface area contributed by atoms with Crippen LogP contribution in [0.1, 0.15) is 25.8 Å². The highest BCUT2D eigenvalue weighted by atomic mass is 35.5. The fourth-order valence-corrected chi connectivity index (χ4v) is 1.58. The Morgan fingerprint density at radius 3 is 2.88 bits per heavy atom. The minimum atomic E-state index is 0.664. The van der Waals surface area contributed by atoms with Gasteiger partial charge in [0.15, 0.2) is 0 Å². The van der Waals surface area contributed by atoms with Gasteiger partial charge >= 0.3 is 0 Å². The molecule has 0 spiro atoms. The zero-order valence-electron chi connectivity index (χ0n) is 10.3. The highest BCUT2D eigenvalue weighted by Gasteiger charge is 2.03. The number of benzene rings is 1. The number of aryl methyl sites for hydroxylation is 1. The van der Waals surface area contributed by atoms with Crippen LogP contribution in [0.25, 0.3) is 0 Å². The fourth-order valence-electron chi connectivity index (χ4n) is 1.41. The van der Waals surface area contributed by atoms with Crippen LogP contribution in [0.4, 0.5) is 0 Å². The third-order valence-corrected chi connectivity index (χ3v) is 2.99. The van der Waals surface area contributed by atoms with Crippen molar-refractivity contribution in [2.45, 2.75) is 33.2 Å². The minimum absolute atomic E-state index is 0.664. The molecule has 0 heterocycles. The smallest absolute Gasteiger partial charge is 0.138 e. The molecule has 1 rings (SSSR count). The molecule has 2 nitrogen and oxygen atoms in total. The van der Waals surface area contributed by atoms with Crippen molar-refractivity contribution in [3.63, 3.8) is 0 Å². The zero-order valence-corrected chi connectivity index (χ0v) is 11.1. The van der Waals surface area contributed by atoms with Crippen LogP contribution in [0, 0.1) is 6.92 Å². The summed E-state index contributed by atoms with van der Waals surface area (Å²) >= 11 is 6.03. The normalized spacial score (nSPS) is 12.5. The molecule has 0 aliphatic carbocycles. The van der Waals surface area contributed by atoms with Crippen LogP contribution in [0.3, 0.4) is 0 Å². The van der Waals surface area contributed by atoms with E-state index in [0.717, 1.165) is 12.3 Å². The summed E-state index contributed by atoms with van der Waals surface area (Å²) in [5.41, 5.74) is 1.17. The van der Waals surface area contributed by atoms with Crippen molar-refractivity contribution < 1.29 is 10.1 Å². The molecule has 1 atom stereocenters. The molecule has 0 saturated heterocycles. The van der Waals surface area contributed by atoms with Gasteiger partial charge in [-0.15, -0.1) is 0 Å². The molecule has 2 N–H and O–H groups in total. The average molecular weight is 243 g/mol. The summed E-state index contributed by atoms with van der Waals surface area (Å²) in [5, 5.41) is 2.98. The number of halogens is 1. The summed E-state index contributed by atoms with van der Waals surface area (Å²) in [6, 6.07) is 6.51. The van der Waals surface area contributed by atoms with E-state index in [9.17, 15) is 0 Å². The Kier molecular flexibility index (Phi) is 5.64. The van der Waals surface area contributed by atoms with E-state index in [1.54, 1.807) is 0 Å². The molecule has 0 unspecified atom stereocenters. The molecular formula is C13H21ClNO+. The molecular weight excluding hydrogens is 222 g/mol. The number of quaternary nitrogens is 1. The van der Waals surface area contributed by atoms with Crippen molar-refractivity contribution in [1.82, 2.24) is 0 Å². The van der Waals surface area contributed by atoms with Gasteiger partial charge < -0.3 is 10.1 Å². The van der Waals surface area contributed by atoms with Gasteiger partial charge in [0, 0.05) is 0 Å². The summed E-state index contributed by atoms with van der Waals surface area (Å²) in [7, 11) is 0. The van der Waals surface area contributed by atoms with E-state index < -0.39 is 0 Å². The third-order valence-electron chi connectivity index (χ3n) is 2.68. The zero-order chi connectivity index (χ0) is 12.0. The van der Waals surface area contributed by atoms with E-state index in [0.29, 0.717) is 17.7 Å². The van der Waals surface area contributed by atoms with Gasteiger partial charge in [-0.1, -0.05) is 24.6 Å². The lowest BCUT2D eigenvalue weighted by atomic mass is 10.2. The van der Waals surface area contributed by atoms with Crippen molar-refractivity contribution in [1.29, 1.82) is 0 Å². The Bertz CT molecular complexity index is 328. The van der Waals surface area contributed by atoms with Crippen molar-refractivity contribution in [3.05, 3.63) is 28.8 Å². The second-order valence-electron chi connectivity index (χ2n) is 4.19. The second-order valence-corrected chi connectivity index (χ2v) is 4.60. The molecule has 0 aliphatic rings. The van der Waals surface area contributed by atoms with Gasteiger partial charge in [-0.05, 0) is 38.0 Å². The number of hydrogen-bond donors (Lipinski definition) is 1. The van der Waals surface area contributed by atoms with E-state index in [-0.39, 0.29) is 0 Å². The Balaban J connectivity index is 2.34. The molecule has 0 saturated carbocycles. The van der Waals surface area contributed by atoms with Crippen molar-refractivity contribution in [2.24, 2.45) is 0 Å². The molecule has 0 fully saturated rings. The van der Waals surface area contributed by atoms with E-state index in [4.69, 9.17) is 16.3 Å². The maximum atomic E-state index is 6.03. The summed E-state index contributed by atoms with van der Waals surface area (Å²) in [4.78, 5) is 0. The number of ether oxygens (including phenoxy) is 1. The minimum Gasteiger partial charge on any atom is -0.486 e. The molecule has 1 aromatic rings. The molecule has 3 heteroatoms. The molecule has 0 aromatic heterocycles. The van der Waals surface area contributed by atoms with Crippen LogP contribution >= 0.6 is 11.6 Å². The van der Waals surface area contributed by atoms with Gasteiger partial charge in [-0.2, -0.15) is 0 Å². The van der Waals surface area contributed by atoms with Gasteiger partial charge in [0.25, 0.3) is 0 Å². The number of nitrogens with two attached hydrogens (primary N) is 1. The molecule has 90 valence electrons. The molecule has 0 radical (unpaired) electrons. The third kappa shape index (κ3) is 4.42. The highest BCUT2D eigenvalue weighted by molar-refractivity contribution is 6.32. The largest absolute Gasteiger partial charge is 0.486 e. The quantitative estimate of drug-likeness (QED) is 0.762. The van der Waals surface area contributed by atoms with Gasteiger partial charge in [-0.25, -0.2) is 0 Å². The summed E-state index contributed by atoms with van der Waals surface area (Å²) < 4.78 is 5.65. The van der Waals surface area contributed by atoms with Crippen molar-refractivity contribution >= 4 is 11.6 Å². The summed E-state index contributed by atoms with van der Waals surface area (Å²) in [6.07, 6.45) is 1.19. The standard InChI is InChI=1S/C13H20ClNO/c1-4-11(3)15-7-8-16-13-9-10(2)5-6-12(13)14/h5-6,9,11,15H,4,7-8H2,1-3H3/p+1/t11-/m1/s1. The molecule has 0 bridgehead atoms. The predicted octanol–water partition coefficient (Wildman–Crippen LogP) is 2.39. The summed E-state index contributed by atoms with van der Waals surface area (Å²) in [5.74, 6) is 0.791. The summed E-state index contributed by atoms with van der Waals surface area (Å²) in [6.45, 7) is 8.13. The fraction of sp³-hybridized carbons (Fsp3) is 0.538. The maximum absolute atomic E-state index is 6.03. The highest BCUT2D eigenvalue weighted by Crippen LogP contribution is 2.24. The first-order valence-electron chi connectivity index (χ1n) is 5.85. The van der Waals surface area contributed by atoms with Crippen LogP contribution in [0.5, 0.6) is 5.75 Å². The Labute approximate surface area is 103 Å². The molecule has 16 heavy (non-hydrogen) atoms. The van der Waals surface area contributed by atoms with Crippen LogP contribution in [0.2, 0.25) is 5.02 Å². The molecule has 1 aromatic carbocycles. The second kappa shape index (κ2) is 6.77. The van der Waals surface area contributed by atoms with Gasteiger partial charge in [-0.3, -0.25) is 0 Å². The van der Waals surface area contributed by atoms with Gasteiger partial charge in [0.05, 0.1) is 11.1 Å². The number of hydrogen-bond acceptors (Lipinski definition) is 1. The number of rotatable bonds is 6. The van der Waals surface area contributed by atoms with Crippen LogP contribution < -0.4 is 10.1 Å². The van der Waals surface area contributed by atoms with Gasteiger partial charge in [0.2, 0.25) is 0 Å². The van der Waals surface area contributed by atoms with Gasteiger partial charge in [0.1, 0.15) is 18.9 Å². The molecule has 0 aliphatic heterocycles. The lowest BCUT2D eigenvalue weighted by molar-refractivity contribution is -0.686. The van der Waals surface area contributed by atoms with E-state index in [1.165, 1.54) is 12.0 Å². The Hall–Kier alpha value is -0.730. The average Bonchev–Trinajstić information content (AvgIpc) is 2.28. The predicted molar refractivity (Wildman–Crippen MR) is 68.2 cm³/mol. The monoisotopic (exact) mass is 242 g/mol. The lowest BCUT2D eigenvalue weighted by Crippen LogP contribution is -2.90. The van der Waals surface area contributed by atoms with Crippen LogP contribution in [-0.2, 0) is 0 Å².